The van der Waals surface area contributed by atoms with E-state index in [1.54, 1.807) is 41.5 Å². The molecule has 1 N–H and O–H groups in total. The first-order chi connectivity index (χ1) is 15.8. The highest BCUT2D eigenvalue weighted by atomic mass is 19.1. The number of hydrogen-bond donors (Lipinski definition) is 1. The molecule has 0 aromatic heterocycles. The summed E-state index contributed by atoms with van der Waals surface area (Å²) < 4.78 is 28.4. The van der Waals surface area contributed by atoms with Gasteiger partial charge in [0.25, 0.3) is 0 Å². The fraction of sp³-hybridized carbons (Fsp3) is 0.625. The lowest BCUT2D eigenvalue weighted by atomic mass is 10.1. The topological polar surface area (TPSA) is 92.7 Å². The van der Waals surface area contributed by atoms with E-state index in [0.29, 0.717) is 31.9 Å². The molecule has 1 aromatic carbocycles. The van der Waals surface area contributed by atoms with Gasteiger partial charge in [-0.2, -0.15) is 0 Å². The number of piperazine rings is 1. The van der Waals surface area contributed by atoms with E-state index in [0.717, 1.165) is 11.3 Å². The summed E-state index contributed by atoms with van der Waals surface area (Å²) in [5.41, 5.74) is 0.522. The molecular weight excluding hydrogens is 443 g/mol. The van der Waals surface area contributed by atoms with Crippen molar-refractivity contribution in [2.75, 3.05) is 44.4 Å². The number of ether oxygens (including phenoxy) is 3. The number of hydrogen-bond acceptors (Lipinski definition) is 6. The molecule has 1 aromatic rings. The van der Waals surface area contributed by atoms with Crippen molar-refractivity contribution in [3.8, 4) is 5.75 Å². The molecule has 1 aliphatic heterocycles. The van der Waals surface area contributed by atoms with Gasteiger partial charge in [-0.1, -0.05) is 0 Å². The molecular formula is C24H37FN4O5. The summed E-state index contributed by atoms with van der Waals surface area (Å²) in [5, 5.41) is 2.60. The number of carbonyl (C=O) groups excluding carboxylic acids is 2. The summed E-state index contributed by atoms with van der Waals surface area (Å²) in [5.74, 6) is 0.752. The van der Waals surface area contributed by atoms with Crippen LogP contribution in [0.25, 0.3) is 0 Å². The van der Waals surface area contributed by atoms with Crippen molar-refractivity contribution in [1.29, 1.82) is 0 Å². The number of alkyl halides is 1. The number of benzene rings is 1. The molecule has 0 aliphatic carbocycles. The minimum atomic E-state index is -0.791. The number of alkyl carbamates (subject to hydrolysis) is 1. The summed E-state index contributed by atoms with van der Waals surface area (Å²) in [6.45, 7) is 14.2. The van der Waals surface area contributed by atoms with Crippen molar-refractivity contribution in [3.05, 3.63) is 23.8 Å². The highest BCUT2D eigenvalue weighted by Gasteiger charge is 2.26. The van der Waals surface area contributed by atoms with Gasteiger partial charge in [0.05, 0.1) is 0 Å². The minimum absolute atomic E-state index is 0.0310. The maximum absolute atomic E-state index is 12.4. The van der Waals surface area contributed by atoms with Crippen LogP contribution in [0.15, 0.2) is 23.2 Å². The fourth-order valence-electron chi connectivity index (χ4n) is 3.26. The number of nitrogens with zero attached hydrogens (tertiary/aromatic N) is 3. The van der Waals surface area contributed by atoms with Gasteiger partial charge in [-0.15, -0.1) is 4.99 Å². The maximum Gasteiger partial charge on any atom is 0.437 e. The van der Waals surface area contributed by atoms with Crippen molar-refractivity contribution >= 4 is 23.8 Å². The van der Waals surface area contributed by atoms with Crippen molar-refractivity contribution in [2.24, 2.45) is 4.99 Å². The third-order valence-electron chi connectivity index (χ3n) is 4.64. The van der Waals surface area contributed by atoms with E-state index in [9.17, 15) is 14.0 Å². The molecule has 0 saturated carbocycles. The van der Waals surface area contributed by atoms with Gasteiger partial charge in [-0.25, -0.2) is 14.0 Å². The normalized spacial score (nSPS) is 15.1. The Morgan fingerprint density at radius 3 is 2.18 bits per heavy atom. The molecule has 1 aliphatic rings. The largest absolute Gasteiger partial charge is 0.491 e. The molecule has 0 atom stereocenters. The number of nitrogens with one attached hydrogen (secondary N) is 1. The average Bonchev–Trinajstić information content (AvgIpc) is 2.70. The molecule has 2 rings (SSSR count). The molecule has 0 radical (unpaired) electrons. The lowest BCUT2D eigenvalue weighted by Crippen LogP contribution is -2.54. The van der Waals surface area contributed by atoms with Crippen LogP contribution < -0.4 is 15.0 Å². The van der Waals surface area contributed by atoms with Crippen LogP contribution in [0.1, 0.15) is 47.1 Å². The fourth-order valence-corrected chi connectivity index (χ4v) is 3.26. The second-order valence-corrected chi connectivity index (χ2v) is 10.0. The molecule has 0 unspecified atom stereocenters. The highest BCUT2D eigenvalue weighted by molar-refractivity contribution is 5.99. The number of amides is 2. The lowest BCUT2D eigenvalue weighted by molar-refractivity contribution is 0.0554. The van der Waals surface area contributed by atoms with Gasteiger partial charge in [0.15, 0.2) is 0 Å². The average molecular weight is 481 g/mol. The number of guanidine groups is 1. The van der Waals surface area contributed by atoms with Crippen LogP contribution >= 0.6 is 0 Å². The van der Waals surface area contributed by atoms with Gasteiger partial charge in [0, 0.05) is 31.9 Å². The summed E-state index contributed by atoms with van der Waals surface area (Å²) in [7, 11) is 0. The van der Waals surface area contributed by atoms with Gasteiger partial charge in [-0.3, -0.25) is 5.32 Å². The van der Waals surface area contributed by atoms with Crippen molar-refractivity contribution < 1.29 is 28.2 Å². The molecule has 0 bridgehead atoms. The second kappa shape index (κ2) is 11.4. The second-order valence-electron chi connectivity index (χ2n) is 10.0. The van der Waals surface area contributed by atoms with E-state index in [2.05, 4.69) is 15.2 Å². The first-order valence-electron chi connectivity index (χ1n) is 11.4. The van der Waals surface area contributed by atoms with E-state index in [-0.39, 0.29) is 12.6 Å². The van der Waals surface area contributed by atoms with Crippen LogP contribution in [0.2, 0.25) is 0 Å². The summed E-state index contributed by atoms with van der Waals surface area (Å²) in [4.78, 5) is 32.7. The Bertz CT molecular complexity index is 884. The zero-order valence-electron chi connectivity index (χ0n) is 21.2. The molecule has 10 heteroatoms. The van der Waals surface area contributed by atoms with Crippen molar-refractivity contribution in [2.45, 2.75) is 59.7 Å². The molecule has 2 amide bonds. The number of aryl methyl sites for hydroxylation is 1. The Hall–Kier alpha value is -3.04. The number of rotatable bonds is 4. The van der Waals surface area contributed by atoms with Crippen LogP contribution in [0.4, 0.5) is 19.7 Å². The van der Waals surface area contributed by atoms with Crippen LogP contribution in [-0.2, 0) is 9.47 Å². The highest BCUT2D eigenvalue weighted by Crippen LogP contribution is 2.25. The summed E-state index contributed by atoms with van der Waals surface area (Å²) in [6.07, 6.45) is -1.49. The molecule has 1 saturated heterocycles. The van der Waals surface area contributed by atoms with Crippen LogP contribution in [0, 0.1) is 6.92 Å². The zero-order valence-corrected chi connectivity index (χ0v) is 21.2. The molecule has 9 nitrogen and oxygen atoms in total. The molecule has 1 heterocycles. The SMILES string of the molecule is Cc1cc(N2CCN(C(=NC(=O)OC(C)(C)C)NC(=O)OC(C)(C)C)CC2)ccc1OCCF. The third-order valence-corrected chi connectivity index (χ3v) is 4.64. The van der Waals surface area contributed by atoms with E-state index < -0.39 is 30.1 Å². The zero-order chi connectivity index (χ0) is 25.5. The standard InChI is InChI=1S/C24H37FN4O5/c1-17-16-18(8-9-19(17)32-15-10-25)28-11-13-29(14-12-28)20(26-21(30)33-23(2,3)4)27-22(31)34-24(5,6)7/h8-9,16H,10-15H2,1-7H3,(H,26,27,30,31). The van der Waals surface area contributed by atoms with Gasteiger partial charge >= 0.3 is 12.2 Å². The number of anilines is 1. The number of halogens is 1. The number of carbonyl (C=O) groups is 2. The van der Waals surface area contributed by atoms with E-state index in [1.165, 1.54) is 0 Å². The molecule has 0 spiro atoms. The minimum Gasteiger partial charge on any atom is -0.491 e. The van der Waals surface area contributed by atoms with Crippen LogP contribution in [0.3, 0.4) is 0 Å². The lowest BCUT2D eigenvalue weighted by Gasteiger charge is -2.37. The van der Waals surface area contributed by atoms with Gasteiger partial charge in [0.2, 0.25) is 5.96 Å². The van der Waals surface area contributed by atoms with E-state index in [1.807, 2.05) is 30.0 Å². The predicted octanol–water partition coefficient (Wildman–Crippen LogP) is 4.28. The molecule has 190 valence electrons. The number of aliphatic imine (C=N–C) groups is 1. The summed E-state index contributed by atoms with van der Waals surface area (Å²) >= 11 is 0. The Balaban J connectivity index is 2.11. The Labute approximate surface area is 201 Å². The molecule has 1 fully saturated rings. The van der Waals surface area contributed by atoms with E-state index in [4.69, 9.17) is 14.2 Å². The Morgan fingerprint density at radius 1 is 1.03 bits per heavy atom. The maximum atomic E-state index is 12.4. The van der Waals surface area contributed by atoms with Crippen molar-refractivity contribution in [3.63, 3.8) is 0 Å². The quantitative estimate of drug-likeness (QED) is 0.508. The summed E-state index contributed by atoms with van der Waals surface area (Å²) in [6, 6.07) is 5.77. The smallest absolute Gasteiger partial charge is 0.437 e. The first-order valence-corrected chi connectivity index (χ1v) is 11.4. The van der Waals surface area contributed by atoms with Crippen molar-refractivity contribution in [1.82, 2.24) is 10.2 Å². The van der Waals surface area contributed by atoms with Gasteiger partial charge < -0.3 is 24.0 Å². The van der Waals surface area contributed by atoms with Crippen LogP contribution in [0.5, 0.6) is 5.75 Å². The predicted molar refractivity (Wildman–Crippen MR) is 129 cm³/mol. The first kappa shape index (κ1) is 27.2. The van der Waals surface area contributed by atoms with Crippen LogP contribution in [-0.4, -0.2) is 73.7 Å². The third kappa shape index (κ3) is 9.07. The Kier molecular flexibility index (Phi) is 9.12. The molecule has 34 heavy (non-hydrogen) atoms. The Morgan fingerprint density at radius 2 is 1.65 bits per heavy atom. The van der Waals surface area contributed by atoms with Gasteiger partial charge in [0.1, 0.15) is 30.2 Å². The van der Waals surface area contributed by atoms with Gasteiger partial charge in [-0.05, 0) is 72.2 Å². The van der Waals surface area contributed by atoms with E-state index >= 15 is 0 Å². The monoisotopic (exact) mass is 480 g/mol.